The van der Waals surface area contributed by atoms with Crippen LogP contribution in [0.25, 0.3) is 0 Å². The van der Waals surface area contributed by atoms with Gasteiger partial charge in [-0.15, -0.1) is 11.3 Å². The molecule has 0 bridgehead atoms. The molecule has 1 aromatic rings. The van der Waals surface area contributed by atoms with E-state index in [1.54, 1.807) is 6.20 Å². The molecule has 10 heavy (non-hydrogen) atoms. The number of thiazole rings is 1. The molecule has 1 atom stereocenters. The number of carbonyl (C=O) groups is 1. The van der Waals surface area contributed by atoms with Gasteiger partial charge in [-0.3, -0.25) is 4.79 Å². The van der Waals surface area contributed by atoms with E-state index in [4.69, 9.17) is 0 Å². The van der Waals surface area contributed by atoms with E-state index in [1.165, 1.54) is 11.3 Å². The van der Waals surface area contributed by atoms with Gasteiger partial charge < -0.3 is 0 Å². The predicted octanol–water partition coefficient (Wildman–Crippen LogP) is 2.41. The summed E-state index contributed by atoms with van der Waals surface area (Å²) in [6.45, 7) is 2.00. The highest BCUT2D eigenvalue weighted by Gasteiger charge is 2.04. The third kappa shape index (κ3) is 1.64. The van der Waals surface area contributed by atoms with Gasteiger partial charge in [-0.05, 0) is 6.92 Å². The highest BCUT2D eigenvalue weighted by atomic mass is 79.9. The van der Waals surface area contributed by atoms with Crippen LogP contribution in [0.1, 0.15) is 26.4 Å². The minimum atomic E-state index is 0.290. The summed E-state index contributed by atoms with van der Waals surface area (Å²) < 4.78 is 0. The van der Waals surface area contributed by atoms with Gasteiger partial charge in [0.05, 0.1) is 0 Å². The number of halogens is 1. The fourth-order valence-electron chi connectivity index (χ4n) is 0.539. The maximum Gasteiger partial charge on any atom is 0.178 e. The molecule has 4 heteroatoms. The number of hydrogen-bond acceptors (Lipinski definition) is 3. The van der Waals surface area contributed by atoms with Crippen LogP contribution in [0.4, 0.5) is 0 Å². The number of alkyl halides is 1. The van der Waals surface area contributed by atoms with Gasteiger partial charge in [0.25, 0.3) is 0 Å². The average Bonchev–Trinajstić information content (AvgIpc) is 2.34. The third-order valence-electron chi connectivity index (χ3n) is 1.03. The van der Waals surface area contributed by atoms with Gasteiger partial charge in [-0.25, -0.2) is 4.98 Å². The Hall–Kier alpha value is -0.220. The van der Waals surface area contributed by atoms with Crippen LogP contribution < -0.4 is 0 Å². The Morgan fingerprint density at radius 2 is 2.60 bits per heavy atom. The second-order valence-corrected chi connectivity index (χ2v) is 4.30. The van der Waals surface area contributed by atoms with E-state index in [1.807, 2.05) is 6.92 Å². The maximum absolute atomic E-state index is 10.2. The number of hydrogen-bond donors (Lipinski definition) is 0. The van der Waals surface area contributed by atoms with E-state index < -0.39 is 0 Å². The molecule has 1 rings (SSSR count). The lowest BCUT2D eigenvalue weighted by Crippen LogP contribution is -1.72. The molecular weight excluding hydrogens is 214 g/mol. The molecule has 0 saturated carbocycles. The minimum absolute atomic E-state index is 0.290. The van der Waals surface area contributed by atoms with Crippen LogP contribution in [0.5, 0.6) is 0 Å². The van der Waals surface area contributed by atoms with Crippen molar-refractivity contribution in [1.82, 2.24) is 4.98 Å². The molecule has 0 aliphatic carbocycles. The SMILES string of the molecule is CC(Br)c1cnc(C=O)s1. The fraction of sp³-hybridized carbons (Fsp3) is 0.333. The Balaban J connectivity index is 2.88. The van der Waals surface area contributed by atoms with Gasteiger partial charge in [0.15, 0.2) is 11.3 Å². The molecule has 1 heterocycles. The van der Waals surface area contributed by atoms with Crippen molar-refractivity contribution < 1.29 is 4.79 Å². The largest absolute Gasteiger partial charge is 0.295 e. The van der Waals surface area contributed by atoms with Gasteiger partial charge in [-0.1, -0.05) is 15.9 Å². The van der Waals surface area contributed by atoms with Crippen molar-refractivity contribution in [3.05, 3.63) is 16.1 Å². The molecule has 0 fully saturated rings. The monoisotopic (exact) mass is 219 g/mol. The smallest absolute Gasteiger partial charge is 0.178 e. The predicted molar refractivity (Wildman–Crippen MR) is 44.8 cm³/mol. The zero-order chi connectivity index (χ0) is 7.56. The normalized spacial score (nSPS) is 13.0. The maximum atomic E-state index is 10.2. The summed E-state index contributed by atoms with van der Waals surface area (Å²) >= 11 is 4.79. The summed E-state index contributed by atoms with van der Waals surface area (Å²) in [5.74, 6) is 0. The molecule has 0 spiro atoms. The lowest BCUT2D eigenvalue weighted by atomic mass is 10.4. The van der Waals surface area contributed by atoms with Gasteiger partial charge in [0.1, 0.15) is 0 Å². The number of nitrogens with zero attached hydrogens (tertiary/aromatic N) is 1. The van der Waals surface area contributed by atoms with E-state index in [0.29, 0.717) is 9.83 Å². The Bertz CT molecular complexity index is 233. The van der Waals surface area contributed by atoms with Crippen LogP contribution >= 0.6 is 27.3 Å². The van der Waals surface area contributed by atoms with Crippen LogP contribution in [-0.2, 0) is 0 Å². The molecule has 1 aromatic heterocycles. The molecule has 0 amide bonds. The third-order valence-corrected chi connectivity index (χ3v) is 2.94. The van der Waals surface area contributed by atoms with Gasteiger partial charge >= 0.3 is 0 Å². The summed E-state index contributed by atoms with van der Waals surface area (Å²) in [4.78, 5) is 15.4. The molecule has 2 nitrogen and oxygen atoms in total. The summed E-state index contributed by atoms with van der Waals surface area (Å²) in [7, 11) is 0. The number of carbonyl (C=O) groups excluding carboxylic acids is 1. The van der Waals surface area contributed by atoms with E-state index in [0.717, 1.165) is 11.2 Å². The van der Waals surface area contributed by atoms with E-state index in [2.05, 4.69) is 20.9 Å². The number of aldehydes is 1. The number of rotatable bonds is 2. The second kappa shape index (κ2) is 3.25. The molecule has 0 N–H and O–H groups in total. The molecule has 1 unspecified atom stereocenters. The molecular formula is C6H6BrNOS. The summed E-state index contributed by atoms with van der Waals surface area (Å²) in [6, 6.07) is 0. The molecule has 0 aliphatic heterocycles. The Morgan fingerprint density at radius 1 is 1.90 bits per heavy atom. The van der Waals surface area contributed by atoms with Crippen LogP contribution in [0.3, 0.4) is 0 Å². The van der Waals surface area contributed by atoms with Gasteiger partial charge in [-0.2, -0.15) is 0 Å². The first-order valence-corrected chi connectivity index (χ1v) is 4.52. The molecule has 0 aliphatic rings. The van der Waals surface area contributed by atoms with Crippen LogP contribution in [0.15, 0.2) is 6.20 Å². The lowest BCUT2D eigenvalue weighted by Gasteiger charge is -1.92. The van der Waals surface area contributed by atoms with Crippen molar-refractivity contribution in [2.45, 2.75) is 11.8 Å². The Labute approximate surface area is 71.4 Å². The average molecular weight is 220 g/mol. The zero-order valence-corrected chi connectivity index (χ0v) is 7.78. The Morgan fingerprint density at radius 3 is 2.90 bits per heavy atom. The highest BCUT2D eigenvalue weighted by molar-refractivity contribution is 9.09. The first-order valence-electron chi connectivity index (χ1n) is 2.79. The first kappa shape index (κ1) is 7.88. The van der Waals surface area contributed by atoms with E-state index in [9.17, 15) is 4.79 Å². The van der Waals surface area contributed by atoms with Crippen molar-refractivity contribution in [1.29, 1.82) is 0 Å². The number of aromatic nitrogens is 1. The van der Waals surface area contributed by atoms with Crippen LogP contribution in [0, 0.1) is 0 Å². The lowest BCUT2D eigenvalue weighted by molar-refractivity contribution is 0.112. The van der Waals surface area contributed by atoms with E-state index >= 15 is 0 Å². The van der Waals surface area contributed by atoms with Crippen molar-refractivity contribution in [3.8, 4) is 0 Å². The molecule has 0 aromatic carbocycles. The summed E-state index contributed by atoms with van der Waals surface area (Å²) in [6.07, 6.45) is 2.48. The van der Waals surface area contributed by atoms with Crippen molar-refractivity contribution >= 4 is 33.6 Å². The fourth-order valence-corrected chi connectivity index (χ4v) is 1.60. The molecule has 0 saturated heterocycles. The van der Waals surface area contributed by atoms with Crippen LogP contribution in [0.2, 0.25) is 0 Å². The van der Waals surface area contributed by atoms with Gasteiger partial charge in [0.2, 0.25) is 0 Å². The highest BCUT2D eigenvalue weighted by Crippen LogP contribution is 2.26. The Kier molecular flexibility index (Phi) is 2.56. The first-order chi connectivity index (χ1) is 4.74. The second-order valence-electron chi connectivity index (χ2n) is 1.83. The van der Waals surface area contributed by atoms with Crippen molar-refractivity contribution in [2.24, 2.45) is 0 Å². The zero-order valence-electron chi connectivity index (χ0n) is 5.37. The molecule has 54 valence electrons. The van der Waals surface area contributed by atoms with Crippen molar-refractivity contribution in [2.75, 3.05) is 0 Å². The van der Waals surface area contributed by atoms with Gasteiger partial charge in [0, 0.05) is 15.9 Å². The summed E-state index contributed by atoms with van der Waals surface area (Å²) in [5.41, 5.74) is 0. The molecule has 0 radical (unpaired) electrons. The topological polar surface area (TPSA) is 30.0 Å². The summed E-state index contributed by atoms with van der Waals surface area (Å²) in [5, 5.41) is 0.543. The van der Waals surface area contributed by atoms with E-state index in [-0.39, 0.29) is 0 Å². The minimum Gasteiger partial charge on any atom is -0.295 e. The van der Waals surface area contributed by atoms with Crippen molar-refractivity contribution in [3.63, 3.8) is 0 Å². The standard InChI is InChI=1S/C6H6BrNOS/c1-4(7)5-2-8-6(3-9)10-5/h2-4H,1H3. The quantitative estimate of drug-likeness (QED) is 0.565. The van der Waals surface area contributed by atoms with Crippen LogP contribution in [-0.4, -0.2) is 11.3 Å².